The smallest absolute Gasteiger partial charge is 0.350 e. The number of carbonyl (C=O) groups excluding carboxylic acids is 2. The van der Waals surface area contributed by atoms with E-state index in [2.05, 4.69) is 0 Å². The van der Waals surface area contributed by atoms with Crippen molar-refractivity contribution in [2.24, 2.45) is 0 Å². The molecule has 0 aliphatic carbocycles. The van der Waals surface area contributed by atoms with Gasteiger partial charge in [0.1, 0.15) is 0 Å². The fourth-order valence-electron chi connectivity index (χ4n) is 1.38. The van der Waals surface area contributed by atoms with Crippen LogP contribution in [0.25, 0.3) is 0 Å². The summed E-state index contributed by atoms with van der Waals surface area (Å²) in [5.41, 5.74) is -1.97. The normalized spacial score (nSPS) is 13.9. The van der Waals surface area contributed by atoms with Crippen LogP contribution in [0, 0.1) is 0 Å². The summed E-state index contributed by atoms with van der Waals surface area (Å²) >= 11 is 0. The molecule has 0 aliphatic rings. The number of rotatable bonds is 4. The average molecular weight is 222 g/mol. The second-order valence-electron chi connectivity index (χ2n) is 3.35. The van der Waals surface area contributed by atoms with Crippen LogP contribution in [0.2, 0.25) is 0 Å². The maximum atomic E-state index is 11.6. The molecule has 0 aromatic heterocycles. The average Bonchev–Trinajstić information content (AvgIpc) is 2.29. The quantitative estimate of drug-likeness (QED) is 0.610. The summed E-state index contributed by atoms with van der Waals surface area (Å²) < 4.78 is 4.71. The Balaban J connectivity index is 3.17. The molecule has 0 saturated carbocycles. The zero-order valence-corrected chi connectivity index (χ0v) is 9.27. The molecule has 1 rings (SSSR count). The van der Waals surface area contributed by atoms with Gasteiger partial charge in [-0.2, -0.15) is 0 Å². The lowest BCUT2D eigenvalue weighted by molar-refractivity contribution is -0.170. The third kappa shape index (κ3) is 2.12. The molecule has 0 saturated heterocycles. The number of ether oxygens (including phenoxy) is 1. The third-order valence-electron chi connectivity index (χ3n) is 2.27. The van der Waals surface area contributed by atoms with Crippen molar-refractivity contribution in [1.29, 1.82) is 0 Å². The molecule has 1 aromatic rings. The first-order chi connectivity index (χ1) is 7.53. The fourth-order valence-corrected chi connectivity index (χ4v) is 1.38. The van der Waals surface area contributed by atoms with Gasteiger partial charge in [0.25, 0.3) is 0 Å². The van der Waals surface area contributed by atoms with Crippen molar-refractivity contribution in [3.8, 4) is 0 Å². The highest BCUT2D eigenvalue weighted by molar-refractivity contribution is 6.06. The lowest BCUT2D eigenvalue weighted by Crippen LogP contribution is -2.43. The van der Waals surface area contributed by atoms with E-state index in [4.69, 9.17) is 4.74 Å². The predicted octanol–water partition coefficient (Wildman–Crippen LogP) is 1.03. The van der Waals surface area contributed by atoms with Crippen molar-refractivity contribution in [2.45, 2.75) is 19.4 Å². The summed E-state index contributed by atoms with van der Waals surface area (Å²) in [6.45, 7) is 2.88. The van der Waals surface area contributed by atoms with Gasteiger partial charge < -0.3 is 9.84 Å². The van der Waals surface area contributed by atoms with E-state index in [1.165, 1.54) is 12.1 Å². The molecule has 0 unspecified atom stereocenters. The number of carbonyl (C=O) groups is 2. The van der Waals surface area contributed by atoms with Crippen LogP contribution in [0.5, 0.6) is 0 Å². The Morgan fingerprint density at radius 1 is 1.31 bits per heavy atom. The number of ketones is 1. The maximum Gasteiger partial charge on any atom is 0.350 e. The molecule has 0 fully saturated rings. The second-order valence-corrected chi connectivity index (χ2v) is 3.35. The van der Waals surface area contributed by atoms with Gasteiger partial charge in [-0.05, 0) is 13.8 Å². The minimum absolute atomic E-state index is 0.112. The highest BCUT2D eigenvalue weighted by Gasteiger charge is 2.44. The van der Waals surface area contributed by atoms with Gasteiger partial charge >= 0.3 is 5.97 Å². The maximum absolute atomic E-state index is 11.6. The Labute approximate surface area is 93.9 Å². The van der Waals surface area contributed by atoms with E-state index >= 15 is 0 Å². The van der Waals surface area contributed by atoms with Crippen molar-refractivity contribution in [3.63, 3.8) is 0 Å². The highest BCUT2D eigenvalue weighted by atomic mass is 16.5. The Morgan fingerprint density at radius 3 is 2.31 bits per heavy atom. The summed E-state index contributed by atoms with van der Waals surface area (Å²) in [6.07, 6.45) is 0. The molecule has 0 radical (unpaired) electrons. The molecular weight excluding hydrogens is 208 g/mol. The van der Waals surface area contributed by atoms with Gasteiger partial charge in [-0.1, -0.05) is 30.3 Å². The van der Waals surface area contributed by atoms with E-state index in [9.17, 15) is 14.7 Å². The van der Waals surface area contributed by atoms with E-state index in [1.54, 1.807) is 25.1 Å². The lowest BCUT2D eigenvalue weighted by atomic mass is 9.90. The number of esters is 1. The predicted molar refractivity (Wildman–Crippen MR) is 57.7 cm³/mol. The molecule has 16 heavy (non-hydrogen) atoms. The van der Waals surface area contributed by atoms with Crippen molar-refractivity contribution in [2.75, 3.05) is 6.61 Å². The molecule has 0 spiro atoms. The van der Waals surface area contributed by atoms with Crippen LogP contribution < -0.4 is 0 Å². The Kier molecular flexibility index (Phi) is 3.79. The van der Waals surface area contributed by atoms with E-state index < -0.39 is 17.4 Å². The fraction of sp³-hybridized carbons (Fsp3) is 0.333. The highest BCUT2D eigenvalue weighted by Crippen LogP contribution is 2.23. The standard InChI is InChI=1S/C12H14O4/c1-3-16-11(14)12(15,9(2)13)10-7-5-4-6-8-10/h4-8,15H,3H2,1-2H3/t12-/m1/s1. The topological polar surface area (TPSA) is 63.6 Å². The van der Waals surface area contributed by atoms with Crippen LogP contribution >= 0.6 is 0 Å². The van der Waals surface area contributed by atoms with Gasteiger partial charge in [0, 0.05) is 5.56 Å². The molecule has 0 bridgehead atoms. The number of aliphatic hydroxyl groups is 1. The Morgan fingerprint density at radius 2 is 1.88 bits per heavy atom. The van der Waals surface area contributed by atoms with Gasteiger partial charge in [0.2, 0.25) is 5.60 Å². The summed E-state index contributed by atoms with van der Waals surface area (Å²) in [5.74, 6) is -1.59. The summed E-state index contributed by atoms with van der Waals surface area (Å²) in [7, 11) is 0. The molecule has 1 N–H and O–H groups in total. The van der Waals surface area contributed by atoms with Crippen LogP contribution in [-0.2, 0) is 19.9 Å². The molecule has 1 atom stereocenters. The van der Waals surface area contributed by atoms with Crippen LogP contribution in [0.3, 0.4) is 0 Å². The van der Waals surface area contributed by atoms with E-state index in [0.717, 1.165) is 6.92 Å². The van der Waals surface area contributed by atoms with E-state index in [0.29, 0.717) is 0 Å². The van der Waals surface area contributed by atoms with Gasteiger partial charge in [0.15, 0.2) is 5.78 Å². The number of hydrogen-bond acceptors (Lipinski definition) is 4. The van der Waals surface area contributed by atoms with Crippen LogP contribution in [0.1, 0.15) is 19.4 Å². The van der Waals surface area contributed by atoms with Gasteiger partial charge in [-0.3, -0.25) is 4.79 Å². The SMILES string of the molecule is CCOC(=O)[C@@](O)(C(C)=O)c1ccccc1. The Hall–Kier alpha value is -1.68. The summed E-state index contributed by atoms with van der Waals surface area (Å²) in [6, 6.07) is 8.04. The van der Waals surface area contributed by atoms with Crippen LogP contribution in [-0.4, -0.2) is 23.5 Å². The molecule has 86 valence electrons. The van der Waals surface area contributed by atoms with Crippen molar-refractivity contribution < 1.29 is 19.4 Å². The van der Waals surface area contributed by atoms with Crippen molar-refractivity contribution in [1.82, 2.24) is 0 Å². The minimum atomic E-state index is -2.20. The lowest BCUT2D eigenvalue weighted by Gasteiger charge is -2.23. The molecule has 4 heteroatoms. The number of benzene rings is 1. The van der Waals surface area contributed by atoms with E-state index in [-0.39, 0.29) is 12.2 Å². The molecular formula is C12H14O4. The summed E-state index contributed by atoms with van der Waals surface area (Å²) in [4.78, 5) is 23.0. The largest absolute Gasteiger partial charge is 0.463 e. The van der Waals surface area contributed by atoms with Crippen LogP contribution in [0.4, 0.5) is 0 Å². The first-order valence-electron chi connectivity index (χ1n) is 4.99. The van der Waals surface area contributed by atoms with Gasteiger partial charge in [-0.25, -0.2) is 4.79 Å². The first-order valence-corrected chi connectivity index (χ1v) is 4.99. The van der Waals surface area contributed by atoms with Crippen LogP contribution in [0.15, 0.2) is 30.3 Å². The zero-order chi connectivity index (χ0) is 12.2. The van der Waals surface area contributed by atoms with Gasteiger partial charge in [-0.15, -0.1) is 0 Å². The monoisotopic (exact) mass is 222 g/mol. The van der Waals surface area contributed by atoms with Gasteiger partial charge in [0.05, 0.1) is 6.61 Å². The minimum Gasteiger partial charge on any atom is -0.463 e. The molecule has 4 nitrogen and oxygen atoms in total. The molecule has 0 heterocycles. The van der Waals surface area contributed by atoms with Crippen molar-refractivity contribution >= 4 is 11.8 Å². The third-order valence-corrected chi connectivity index (χ3v) is 2.27. The number of Topliss-reactive ketones (excluding diaryl/α,β-unsaturated/α-hetero) is 1. The molecule has 1 aromatic carbocycles. The van der Waals surface area contributed by atoms with E-state index in [1.807, 2.05) is 0 Å². The number of hydrogen-bond donors (Lipinski definition) is 1. The van der Waals surface area contributed by atoms with Crippen molar-refractivity contribution in [3.05, 3.63) is 35.9 Å². The molecule has 0 aliphatic heterocycles. The zero-order valence-electron chi connectivity index (χ0n) is 9.27. The Bertz CT molecular complexity index is 385. The summed E-state index contributed by atoms with van der Waals surface area (Å²) in [5, 5.41) is 10.1. The first kappa shape index (κ1) is 12.4. The second kappa shape index (κ2) is 4.90. The molecule has 0 amide bonds.